The fourth-order valence-electron chi connectivity index (χ4n) is 3.05. The zero-order chi connectivity index (χ0) is 17.5. The number of carboxylic acid groups (broad SMARTS) is 1. The Hall–Kier alpha value is -2.09. The van der Waals surface area contributed by atoms with Gasteiger partial charge in [0.15, 0.2) is 0 Å². The summed E-state index contributed by atoms with van der Waals surface area (Å²) in [5, 5.41) is 8.92. The minimum absolute atomic E-state index is 0.355. The summed E-state index contributed by atoms with van der Waals surface area (Å²) >= 11 is 0. The van der Waals surface area contributed by atoms with Crippen molar-refractivity contribution in [2.75, 3.05) is 0 Å². The van der Waals surface area contributed by atoms with Crippen molar-refractivity contribution in [1.29, 1.82) is 0 Å². The van der Waals surface area contributed by atoms with Crippen molar-refractivity contribution in [3.8, 4) is 0 Å². The topological polar surface area (TPSA) is 37.3 Å². The smallest absolute Gasteiger partial charge is 0.335 e. The molecule has 1 atom stereocenters. The van der Waals surface area contributed by atoms with Crippen molar-refractivity contribution in [3.05, 3.63) is 70.8 Å². The van der Waals surface area contributed by atoms with Crippen LogP contribution in [0.4, 0.5) is 0 Å². The van der Waals surface area contributed by atoms with Gasteiger partial charge in [0, 0.05) is 0 Å². The average molecular weight is 324 g/mol. The zero-order valence-electron chi connectivity index (χ0n) is 15.0. The van der Waals surface area contributed by atoms with Gasteiger partial charge in [-0.25, -0.2) is 4.79 Å². The minimum Gasteiger partial charge on any atom is -0.478 e. The van der Waals surface area contributed by atoms with Crippen molar-refractivity contribution in [3.63, 3.8) is 0 Å². The molecule has 2 heteroatoms. The number of benzene rings is 2. The van der Waals surface area contributed by atoms with Gasteiger partial charge < -0.3 is 5.11 Å². The molecule has 0 fully saturated rings. The van der Waals surface area contributed by atoms with Gasteiger partial charge in [-0.05, 0) is 66.3 Å². The lowest BCUT2D eigenvalue weighted by atomic mass is 9.92. The number of hydrogen-bond acceptors (Lipinski definition) is 1. The summed E-state index contributed by atoms with van der Waals surface area (Å²) in [6.07, 6.45) is 4.39. The molecule has 0 bridgehead atoms. The molecule has 0 aliphatic heterocycles. The van der Waals surface area contributed by atoms with Crippen LogP contribution in [0.15, 0.2) is 48.5 Å². The van der Waals surface area contributed by atoms with Crippen LogP contribution in [0.5, 0.6) is 0 Å². The van der Waals surface area contributed by atoms with E-state index in [2.05, 4.69) is 45.0 Å². The van der Waals surface area contributed by atoms with Crippen molar-refractivity contribution in [2.45, 2.75) is 52.4 Å². The van der Waals surface area contributed by atoms with Gasteiger partial charge >= 0.3 is 5.97 Å². The van der Waals surface area contributed by atoms with Crippen LogP contribution >= 0.6 is 0 Å². The van der Waals surface area contributed by atoms with E-state index in [-0.39, 0.29) is 0 Å². The SMILES string of the molecule is CC(C)Cc1ccc([C@H](C)CCCc2ccc(C(=O)O)cc2)cc1. The van der Waals surface area contributed by atoms with E-state index in [4.69, 9.17) is 5.11 Å². The molecule has 1 N–H and O–H groups in total. The quantitative estimate of drug-likeness (QED) is 0.675. The highest BCUT2D eigenvalue weighted by Crippen LogP contribution is 2.23. The molecule has 0 heterocycles. The second-order valence-corrected chi connectivity index (χ2v) is 7.13. The number of aromatic carboxylic acids is 1. The number of aryl methyl sites for hydroxylation is 1. The van der Waals surface area contributed by atoms with E-state index in [0.717, 1.165) is 25.7 Å². The lowest BCUT2D eigenvalue weighted by molar-refractivity contribution is 0.0697. The summed E-state index contributed by atoms with van der Waals surface area (Å²) in [4.78, 5) is 10.9. The van der Waals surface area contributed by atoms with Gasteiger partial charge in [-0.2, -0.15) is 0 Å². The van der Waals surface area contributed by atoms with Gasteiger partial charge in [0.05, 0.1) is 5.56 Å². The molecule has 0 aliphatic carbocycles. The van der Waals surface area contributed by atoms with Crippen LogP contribution in [0.1, 0.15) is 66.6 Å². The molecule has 0 aromatic heterocycles. The van der Waals surface area contributed by atoms with Crippen molar-refractivity contribution >= 4 is 5.97 Å². The lowest BCUT2D eigenvalue weighted by Gasteiger charge is -2.13. The molecular weight excluding hydrogens is 296 g/mol. The predicted octanol–water partition coefficient (Wildman–Crippen LogP) is 5.71. The Morgan fingerprint density at radius 1 is 0.917 bits per heavy atom. The van der Waals surface area contributed by atoms with Crippen LogP contribution in [0.2, 0.25) is 0 Å². The summed E-state index contributed by atoms with van der Waals surface area (Å²) in [6.45, 7) is 6.78. The van der Waals surface area contributed by atoms with Crippen LogP contribution in [0, 0.1) is 5.92 Å². The van der Waals surface area contributed by atoms with E-state index in [1.165, 1.54) is 16.7 Å². The number of hydrogen-bond donors (Lipinski definition) is 1. The Kier molecular flexibility index (Phi) is 6.60. The van der Waals surface area contributed by atoms with E-state index in [9.17, 15) is 4.79 Å². The molecule has 0 radical (unpaired) electrons. The lowest BCUT2D eigenvalue weighted by Crippen LogP contribution is -1.98. The van der Waals surface area contributed by atoms with Crippen LogP contribution in [-0.4, -0.2) is 11.1 Å². The van der Waals surface area contributed by atoms with Crippen LogP contribution < -0.4 is 0 Å². The Morgan fingerprint density at radius 2 is 1.50 bits per heavy atom. The maximum absolute atomic E-state index is 10.9. The van der Waals surface area contributed by atoms with Crippen molar-refractivity contribution < 1.29 is 9.90 Å². The Bertz CT molecular complexity index is 639. The summed E-state index contributed by atoms with van der Waals surface area (Å²) < 4.78 is 0. The van der Waals surface area contributed by atoms with Crippen LogP contribution in [-0.2, 0) is 12.8 Å². The monoisotopic (exact) mass is 324 g/mol. The third-order valence-corrected chi connectivity index (χ3v) is 4.50. The van der Waals surface area contributed by atoms with Gasteiger partial charge in [0.2, 0.25) is 0 Å². The van der Waals surface area contributed by atoms with E-state index < -0.39 is 5.97 Å². The molecule has 2 aromatic carbocycles. The normalized spacial score (nSPS) is 12.3. The highest BCUT2D eigenvalue weighted by Gasteiger charge is 2.07. The Balaban J connectivity index is 1.82. The Morgan fingerprint density at radius 3 is 2.04 bits per heavy atom. The van der Waals surface area contributed by atoms with E-state index in [1.807, 2.05) is 12.1 Å². The highest BCUT2D eigenvalue weighted by molar-refractivity contribution is 5.87. The van der Waals surface area contributed by atoms with Crippen LogP contribution in [0.25, 0.3) is 0 Å². The predicted molar refractivity (Wildman–Crippen MR) is 99.7 cm³/mol. The number of carbonyl (C=O) groups is 1. The molecule has 2 nitrogen and oxygen atoms in total. The van der Waals surface area contributed by atoms with Crippen LogP contribution in [0.3, 0.4) is 0 Å². The van der Waals surface area contributed by atoms with Gasteiger partial charge in [-0.1, -0.05) is 57.2 Å². The molecule has 0 aliphatic rings. The first kappa shape index (κ1) is 18.3. The molecule has 0 amide bonds. The second kappa shape index (κ2) is 8.68. The molecule has 0 unspecified atom stereocenters. The first-order chi connectivity index (χ1) is 11.5. The summed E-state index contributed by atoms with van der Waals surface area (Å²) in [6, 6.07) is 16.3. The van der Waals surface area contributed by atoms with E-state index in [1.54, 1.807) is 12.1 Å². The fourth-order valence-corrected chi connectivity index (χ4v) is 3.05. The molecule has 2 rings (SSSR count). The number of carboxylic acids is 1. The second-order valence-electron chi connectivity index (χ2n) is 7.13. The minimum atomic E-state index is -0.865. The molecule has 24 heavy (non-hydrogen) atoms. The molecule has 128 valence electrons. The van der Waals surface area contributed by atoms with Gasteiger partial charge in [-0.15, -0.1) is 0 Å². The molecule has 2 aromatic rings. The van der Waals surface area contributed by atoms with E-state index >= 15 is 0 Å². The third kappa shape index (κ3) is 5.52. The zero-order valence-corrected chi connectivity index (χ0v) is 15.0. The molecular formula is C22H28O2. The van der Waals surface area contributed by atoms with Gasteiger partial charge in [0.25, 0.3) is 0 Å². The number of rotatable bonds is 8. The first-order valence-corrected chi connectivity index (χ1v) is 8.86. The summed E-state index contributed by atoms with van der Waals surface area (Å²) in [5.41, 5.74) is 4.39. The van der Waals surface area contributed by atoms with Crippen molar-refractivity contribution in [1.82, 2.24) is 0 Å². The highest BCUT2D eigenvalue weighted by atomic mass is 16.4. The Labute approximate surface area is 145 Å². The first-order valence-electron chi connectivity index (χ1n) is 8.86. The largest absolute Gasteiger partial charge is 0.478 e. The fraction of sp³-hybridized carbons (Fsp3) is 0.409. The van der Waals surface area contributed by atoms with Gasteiger partial charge in [0.1, 0.15) is 0 Å². The standard InChI is InChI=1S/C22H28O2/c1-16(2)15-19-9-11-20(12-10-19)17(3)5-4-6-18-7-13-21(14-8-18)22(23)24/h7-14,16-17H,4-6,15H2,1-3H3,(H,23,24)/t17-/m1/s1. The van der Waals surface area contributed by atoms with Crippen molar-refractivity contribution in [2.24, 2.45) is 5.92 Å². The average Bonchev–Trinajstić information content (AvgIpc) is 2.55. The molecule has 0 saturated carbocycles. The van der Waals surface area contributed by atoms with Gasteiger partial charge in [-0.3, -0.25) is 0 Å². The summed E-state index contributed by atoms with van der Waals surface area (Å²) in [7, 11) is 0. The van der Waals surface area contributed by atoms with E-state index in [0.29, 0.717) is 17.4 Å². The maximum Gasteiger partial charge on any atom is 0.335 e. The maximum atomic E-state index is 10.9. The summed E-state index contributed by atoms with van der Waals surface area (Å²) in [5.74, 6) is 0.383. The molecule has 0 spiro atoms. The molecule has 0 saturated heterocycles. The third-order valence-electron chi connectivity index (χ3n) is 4.50.